The minimum Gasteiger partial charge on any atom is -0.494 e. The van der Waals surface area contributed by atoms with Gasteiger partial charge in [0.25, 0.3) is 5.91 Å². The zero-order valence-corrected chi connectivity index (χ0v) is 11.3. The maximum atomic E-state index is 14.1. The molecule has 2 N–H and O–H groups in total. The molecule has 0 bridgehead atoms. The van der Waals surface area contributed by atoms with Gasteiger partial charge in [-0.05, 0) is 25.0 Å². The highest BCUT2D eigenvalue weighted by Crippen LogP contribution is 2.29. The van der Waals surface area contributed by atoms with Crippen LogP contribution in [0.2, 0.25) is 0 Å². The molecule has 1 amide bonds. The number of amides is 1. The van der Waals surface area contributed by atoms with Crippen molar-refractivity contribution in [3.8, 4) is 17.1 Å². The lowest BCUT2D eigenvalue weighted by molar-refractivity contribution is 0.0951. The van der Waals surface area contributed by atoms with Crippen LogP contribution in [0.15, 0.2) is 12.1 Å². The summed E-state index contributed by atoms with van der Waals surface area (Å²) in [7, 11) is 1.26. The lowest BCUT2D eigenvalue weighted by Gasteiger charge is -2.05. The van der Waals surface area contributed by atoms with E-state index in [1.54, 1.807) is 0 Å². The second-order valence-corrected chi connectivity index (χ2v) is 4.72. The molecule has 0 atom stereocenters. The molecule has 5 nitrogen and oxygen atoms in total. The molecule has 0 spiro atoms. The van der Waals surface area contributed by atoms with Gasteiger partial charge >= 0.3 is 0 Å². The molecule has 1 aromatic heterocycles. The molecule has 7 heteroatoms. The van der Waals surface area contributed by atoms with Crippen molar-refractivity contribution in [1.82, 2.24) is 15.3 Å². The van der Waals surface area contributed by atoms with Crippen molar-refractivity contribution in [3.05, 3.63) is 35.2 Å². The highest BCUT2D eigenvalue weighted by atomic mass is 19.2. The molecule has 0 saturated carbocycles. The lowest BCUT2D eigenvalue weighted by Crippen LogP contribution is -2.23. The quantitative estimate of drug-likeness (QED) is 0.890. The van der Waals surface area contributed by atoms with E-state index in [0.717, 1.165) is 6.42 Å². The van der Waals surface area contributed by atoms with E-state index in [1.165, 1.54) is 19.2 Å². The average molecular weight is 293 g/mol. The number of aromatic nitrogens is 2. The number of nitrogens with zero attached hydrogens (tertiary/aromatic N) is 1. The molecule has 0 unspecified atom stereocenters. The Balaban J connectivity index is 2.08. The molecule has 0 radical (unpaired) electrons. The molecule has 2 heterocycles. The second kappa shape index (κ2) is 5.16. The number of H-pyrrole nitrogens is 1. The summed E-state index contributed by atoms with van der Waals surface area (Å²) in [6.45, 7) is 0.573. The van der Waals surface area contributed by atoms with Crippen LogP contribution in [0.1, 0.15) is 22.6 Å². The average Bonchev–Trinajstić information content (AvgIpc) is 2.82. The van der Waals surface area contributed by atoms with Gasteiger partial charge in [0.15, 0.2) is 11.6 Å². The number of rotatable bonds is 2. The fourth-order valence-corrected chi connectivity index (χ4v) is 2.33. The number of ether oxygens (including phenoxy) is 1. The van der Waals surface area contributed by atoms with E-state index in [-0.39, 0.29) is 28.7 Å². The third kappa shape index (κ3) is 2.24. The molecular weight excluding hydrogens is 280 g/mol. The minimum absolute atomic E-state index is 0.0332. The molecule has 21 heavy (non-hydrogen) atoms. The van der Waals surface area contributed by atoms with Crippen LogP contribution in [0.25, 0.3) is 11.4 Å². The van der Waals surface area contributed by atoms with Crippen molar-refractivity contribution in [1.29, 1.82) is 0 Å². The molecule has 0 fully saturated rings. The van der Waals surface area contributed by atoms with Crippen LogP contribution < -0.4 is 10.1 Å². The van der Waals surface area contributed by atoms with Gasteiger partial charge in [-0.3, -0.25) is 4.79 Å². The molecule has 2 aromatic rings. The van der Waals surface area contributed by atoms with Crippen molar-refractivity contribution in [2.24, 2.45) is 0 Å². The molecule has 1 aliphatic rings. The number of aryl methyl sites for hydroxylation is 1. The summed E-state index contributed by atoms with van der Waals surface area (Å²) in [6, 6.07) is 2.69. The summed E-state index contributed by atoms with van der Waals surface area (Å²) in [5, 5.41) is 2.70. The first-order valence-corrected chi connectivity index (χ1v) is 6.51. The summed E-state index contributed by atoms with van der Waals surface area (Å²) in [5.41, 5.74) is 0.836. The Hall–Kier alpha value is -2.44. The molecular formula is C14H13F2N3O2. The number of methoxy groups -OCH3 is 1. The first-order chi connectivity index (χ1) is 10.1. The van der Waals surface area contributed by atoms with Gasteiger partial charge in [0.2, 0.25) is 5.82 Å². The predicted octanol–water partition coefficient (Wildman–Crippen LogP) is 2.04. The van der Waals surface area contributed by atoms with Crippen molar-refractivity contribution >= 4 is 5.91 Å². The zero-order valence-electron chi connectivity index (χ0n) is 11.3. The van der Waals surface area contributed by atoms with Crippen LogP contribution in [-0.4, -0.2) is 29.5 Å². The standard InChI is InChI=1S/C14H13F2N3O2/c1-21-9-5-4-7(10(15)11(9)16)13-18-8-3-2-6-17-14(20)12(8)19-13/h4-5H,2-3,6H2,1H3,(H,17,20)(H,18,19). The van der Waals surface area contributed by atoms with Crippen LogP contribution in [0.5, 0.6) is 5.75 Å². The highest BCUT2D eigenvalue weighted by molar-refractivity contribution is 5.94. The van der Waals surface area contributed by atoms with Gasteiger partial charge < -0.3 is 15.0 Å². The fourth-order valence-electron chi connectivity index (χ4n) is 2.33. The van der Waals surface area contributed by atoms with Gasteiger partial charge in [0.1, 0.15) is 11.5 Å². The minimum atomic E-state index is -1.08. The summed E-state index contributed by atoms with van der Waals surface area (Å²) in [5.74, 6) is -2.48. The van der Waals surface area contributed by atoms with Gasteiger partial charge in [-0.15, -0.1) is 0 Å². The molecule has 1 aliphatic heterocycles. The Labute approximate surface area is 119 Å². The zero-order chi connectivity index (χ0) is 15.0. The van der Waals surface area contributed by atoms with Gasteiger partial charge in [-0.2, -0.15) is 4.39 Å². The Morgan fingerprint density at radius 3 is 2.86 bits per heavy atom. The topological polar surface area (TPSA) is 67.0 Å². The van der Waals surface area contributed by atoms with Crippen molar-refractivity contribution in [2.45, 2.75) is 12.8 Å². The number of hydrogen-bond donors (Lipinski definition) is 2. The van der Waals surface area contributed by atoms with Crippen LogP contribution in [0, 0.1) is 11.6 Å². The lowest BCUT2D eigenvalue weighted by atomic mass is 10.2. The number of hydrogen-bond acceptors (Lipinski definition) is 3. The normalized spacial score (nSPS) is 14.3. The molecule has 1 aromatic carbocycles. The van der Waals surface area contributed by atoms with E-state index in [2.05, 4.69) is 15.3 Å². The van der Waals surface area contributed by atoms with Crippen LogP contribution in [0.4, 0.5) is 8.78 Å². The van der Waals surface area contributed by atoms with Crippen molar-refractivity contribution in [3.63, 3.8) is 0 Å². The molecule has 0 saturated heterocycles. The predicted molar refractivity (Wildman–Crippen MR) is 71.1 cm³/mol. The van der Waals surface area contributed by atoms with Gasteiger partial charge in [-0.1, -0.05) is 0 Å². The monoisotopic (exact) mass is 293 g/mol. The third-order valence-electron chi connectivity index (χ3n) is 3.40. The van der Waals surface area contributed by atoms with Crippen LogP contribution in [0.3, 0.4) is 0 Å². The number of carbonyl (C=O) groups is 1. The number of benzene rings is 1. The van der Waals surface area contributed by atoms with E-state index in [4.69, 9.17) is 4.74 Å². The Morgan fingerprint density at radius 2 is 2.10 bits per heavy atom. The number of fused-ring (bicyclic) bond motifs is 1. The van der Waals surface area contributed by atoms with Gasteiger partial charge in [0, 0.05) is 12.2 Å². The number of halogens is 2. The van der Waals surface area contributed by atoms with Gasteiger partial charge in [0.05, 0.1) is 12.7 Å². The highest BCUT2D eigenvalue weighted by Gasteiger charge is 2.23. The summed E-state index contributed by atoms with van der Waals surface area (Å²) in [4.78, 5) is 18.8. The summed E-state index contributed by atoms with van der Waals surface area (Å²) in [6.07, 6.45) is 1.39. The Bertz CT molecular complexity index is 712. The van der Waals surface area contributed by atoms with E-state index >= 15 is 0 Å². The first kappa shape index (κ1) is 13.5. The smallest absolute Gasteiger partial charge is 0.271 e. The number of imidazole rings is 1. The first-order valence-electron chi connectivity index (χ1n) is 6.51. The van der Waals surface area contributed by atoms with Crippen LogP contribution in [-0.2, 0) is 6.42 Å². The molecule has 3 rings (SSSR count). The Kier molecular flexibility index (Phi) is 3.32. The largest absolute Gasteiger partial charge is 0.494 e. The fraction of sp³-hybridized carbons (Fsp3) is 0.286. The summed E-state index contributed by atoms with van der Waals surface area (Å²) < 4.78 is 32.5. The van der Waals surface area contributed by atoms with E-state index in [0.29, 0.717) is 18.7 Å². The van der Waals surface area contributed by atoms with Crippen molar-refractivity contribution in [2.75, 3.05) is 13.7 Å². The SMILES string of the molecule is COc1ccc(-c2nc3c([nH]2)CCCNC3=O)c(F)c1F. The maximum absolute atomic E-state index is 14.1. The van der Waals surface area contributed by atoms with E-state index < -0.39 is 11.6 Å². The molecule has 0 aliphatic carbocycles. The second-order valence-electron chi connectivity index (χ2n) is 4.72. The third-order valence-corrected chi connectivity index (χ3v) is 3.40. The van der Waals surface area contributed by atoms with E-state index in [1.807, 2.05) is 0 Å². The van der Waals surface area contributed by atoms with Gasteiger partial charge in [-0.25, -0.2) is 9.37 Å². The number of aromatic amines is 1. The molecule has 110 valence electrons. The number of nitrogens with one attached hydrogen (secondary N) is 2. The Morgan fingerprint density at radius 1 is 1.29 bits per heavy atom. The maximum Gasteiger partial charge on any atom is 0.271 e. The van der Waals surface area contributed by atoms with Crippen LogP contribution >= 0.6 is 0 Å². The number of carbonyl (C=O) groups excluding carboxylic acids is 1. The summed E-state index contributed by atoms with van der Waals surface area (Å²) >= 11 is 0. The van der Waals surface area contributed by atoms with Crippen molar-refractivity contribution < 1.29 is 18.3 Å². The van der Waals surface area contributed by atoms with E-state index in [9.17, 15) is 13.6 Å².